The molecule has 0 radical (unpaired) electrons. The average Bonchev–Trinajstić information content (AvgIpc) is 2.15. The Bertz CT molecular complexity index is 251. The molecule has 0 aliphatic rings. The number of hydrogen-bond donors (Lipinski definition) is 1. The number of methoxy groups -OCH3 is 1. The molecule has 5 nitrogen and oxygen atoms in total. The number of thioether (sulfide) groups is 1. The van der Waals surface area contributed by atoms with E-state index >= 15 is 0 Å². The van der Waals surface area contributed by atoms with Crippen molar-refractivity contribution in [2.24, 2.45) is 0 Å². The molecular weight excluding hydrogens is 220 g/mol. The van der Waals surface area contributed by atoms with Crippen LogP contribution in [0.3, 0.4) is 0 Å². The van der Waals surface area contributed by atoms with E-state index in [4.69, 9.17) is 5.11 Å². The van der Waals surface area contributed by atoms with Gasteiger partial charge < -0.3 is 9.84 Å². The van der Waals surface area contributed by atoms with Gasteiger partial charge in [-0.1, -0.05) is 11.8 Å². The smallest absolute Gasteiger partial charge is 0.317 e. The van der Waals surface area contributed by atoms with Crippen molar-refractivity contribution in [2.75, 3.05) is 7.11 Å². The van der Waals surface area contributed by atoms with Gasteiger partial charge in [-0.3, -0.25) is 14.4 Å². The van der Waals surface area contributed by atoms with Crippen molar-refractivity contribution in [3.63, 3.8) is 0 Å². The van der Waals surface area contributed by atoms with Crippen LogP contribution in [-0.2, 0) is 19.1 Å². The van der Waals surface area contributed by atoms with Gasteiger partial charge in [0.05, 0.1) is 7.11 Å². The van der Waals surface area contributed by atoms with Crippen LogP contribution in [-0.4, -0.2) is 34.5 Å². The largest absolute Gasteiger partial charge is 0.480 e. The van der Waals surface area contributed by atoms with E-state index in [0.29, 0.717) is 6.42 Å². The molecule has 0 amide bonds. The summed E-state index contributed by atoms with van der Waals surface area (Å²) in [5.74, 6) is -1.40. The third kappa shape index (κ3) is 6.96. The molecule has 0 fully saturated rings. The van der Waals surface area contributed by atoms with E-state index in [0.717, 1.165) is 11.8 Å². The molecule has 0 saturated heterocycles. The Balaban J connectivity index is 3.91. The first-order valence-corrected chi connectivity index (χ1v) is 5.32. The molecule has 0 heterocycles. The Labute approximate surface area is 92.2 Å². The van der Waals surface area contributed by atoms with Crippen LogP contribution < -0.4 is 0 Å². The van der Waals surface area contributed by atoms with Crippen LogP contribution in [0.2, 0.25) is 0 Å². The molecule has 0 aromatic rings. The summed E-state index contributed by atoms with van der Waals surface area (Å²) in [5, 5.41) is 7.75. The number of aliphatic carboxylic acids is 1. The molecule has 0 aromatic carbocycles. The van der Waals surface area contributed by atoms with Crippen LogP contribution in [0, 0.1) is 0 Å². The van der Waals surface area contributed by atoms with E-state index in [1.54, 1.807) is 0 Å². The monoisotopic (exact) mass is 234 g/mol. The summed E-state index contributed by atoms with van der Waals surface area (Å²) >= 11 is 0.776. The third-order valence-corrected chi connectivity index (χ3v) is 2.71. The first-order chi connectivity index (χ1) is 6.97. The molecule has 0 aliphatic heterocycles. The van der Waals surface area contributed by atoms with Gasteiger partial charge in [-0.05, 0) is 12.8 Å². The molecule has 0 rings (SSSR count). The molecule has 1 atom stereocenters. The summed E-state index contributed by atoms with van der Waals surface area (Å²) in [7, 11) is 1.28. The van der Waals surface area contributed by atoms with Gasteiger partial charge in [-0.2, -0.15) is 0 Å². The first-order valence-electron chi connectivity index (χ1n) is 4.44. The van der Waals surface area contributed by atoms with Crippen LogP contribution in [0.4, 0.5) is 0 Å². The number of carboxylic acids is 1. The SMILES string of the molecule is COC(=O)CCC[C@H](SC(C)=O)C(=O)O. The number of rotatable bonds is 6. The Kier molecular flexibility index (Phi) is 6.77. The minimum atomic E-state index is -1.03. The number of carbonyl (C=O) groups is 3. The summed E-state index contributed by atoms with van der Waals surface area (Å²) in [5.41, 5.74) is 0. The molecule has 1 N–H and O–H groups in total. The fourth-order valence-corrected chi connectivity index (χ4v) is 1.75. The quantitative estimate of drug-likeness (QED) is 0.692. The standard InChI is InChI=1S/C9H14O5S/c1-6(10)15-7(9(12)13)4-3-5-8(11)14-2/h7H,3-5H2,1-2H3,(H,12,13)/t7-/m0/s1. The van der Waals surface area contributed by atoms with Crippen LogP contribution in [0.25, 0.3) is 0 Å². The molecule has 6 heteroatoms. The summed E-state index contributed by atoms with van der Waals surface area (Å²) in [6.07, 6.45) is 0.872. The second kappa shape index (κ2) is 7.28. The highest BCUT2D eigenvalue weighted by Gasteiger charge is 2.20. The number of carbonyl (C=O) groups excluding carboxylic acids is 2. The van der Waals surface area contributed by atoms with Gasteiger partial charge in [0, 0.05) is 13.3 Å². The molecule has 0 bridgehead atoms. The lowest BCUT2D eigenvalue weighted by Gasteiger charge is -2.08. The first kappa shape index (κ1) is 14.0. The van der Waals surface area contributed by atoms with E-state index in [1.165, 1.54) is 14.0 Å². The van der Waals surface area contributed by atoms with Crippen molar-refractivity contribution in [2.45, 2.75) is 31.4 Å². The zero-order valence-corrected chi connectivity index (χ0v) is 9.50. The van der Waals surface area contributed by atoms with Crippen LogP contribution in [0.5, 0.6) is 0 Å². The zero-order chi connectivity index (χ0) is 11.8. The Morgan fingerprint density at radius 3 is 2.40 bits per heavy atom. The van der Waals surface area contributed by atoms with Crippen molar-refractivity contribution in [3.05, 3.63) is 0 Å². The van der Waals surface area contributed by atoms with Crippen LogP contribution >= 0.6 is 11.8 Å². The Morgan fingerprint density at radius 2 is 2.00 bits per heavy atom. The number of ether oxygens (including phenoxy) is 1. The molecule has 0 aliphatic carbocycles. The maximum atomic E-state index is 10.7. The van der Waals surface area contributed by atoms with Crippen LogP contribution in [0.15, 0.2) is 0 Å². The lowest BCUT2D eigenvalue weighted by atomic mass is 10.2. The van der Waals surface area contributed by atoms with Gasteiger partial charge in [-0.25, -0.2) is 0 Å². The molecule has 86 valence electrons. The number of hydrogen-bond acceptors (Lipinski definition) is 5. The molecule has 0 saturated carbocycles. The number of carboxylic acid groups (broad SMARTS) is 1. The highest BCUT2D eigenvalue weighted by molar-refractivity contribution is 8.14. The highest BCUT2D eigenvalue weighted by atomic mass is 32.2. The summed E-state index contributed by atoms with van der Waals surface area (Å²) in [6.45, 7) is 1.32. The predicted molar refractivity (Wildman–Crippen MR) is 55.6 cm³/mol. The van der Waals surface area contributed by atoms with Crippen molar-refractivity contribution >= 4 is 28.8 Å². The van der Waals surface area contributed by atoms with E-state index in [1.807, 2.05) is 0 Å². The molecule has 0 aromatic heterocycles. The van der Waals surface area contributed by atoms with Gasteiger partial charge in [0.25, 0.3) is 0 Å². The van der Waals surface area contributed by atoms with E-state index < -0.39 is 11.2 Å². The predicted octanol–water partition coefficient (Wildman–Crippen LogP) is 1.06. The summed E-state index contributed by atoms with van der Waals surface area (Å²) < 4.78 is 4.41. The molecule has 0 unspecified atom stereocenters. The highest BCUT2D eigenvalue weighted by Crippen LogP contribution is 2.18. The van der Waals surface area contributed by atoms with Crippen molar-refractivity contribution in [1.29, 1.82) is 0 Å². The van der Waals surface area contributed by atoms with Crippen LogP contribution in [0.1, 0.15) is 26.2 Å². The van der Waals surface area contributed by atoms with Crippen molar-refractivity contribution < 1.29 is 24.2 Å². The lowest BCUT2D eigenvalue weighted by molar-refractivity contribution is -0.141. The fourth-order valence-electron chi connectivity index (χ4n) is 0.967. The maximum Gasteiger partial charge on any atom is 0.317 e. The normalized spacial score (nSPS) is 11.9. The maximum absolute atomic E-state index is 10.7. The van der Waals surface area contributed by atoms with Gasteiger partial charge in [-0.15, -0.1) is 0 Å². The van der Waals surface area contributed by atoms with Gasteiger partial charge in [0.2, 0.25) is 0 Å². The molecular formula is C9H14O5S. The second-order valence-electron chi connectivity index (χ2n) is 2.90. The second-order valence-corrected chi connectivity index (χ2v) is 4.28. The molecule has 0 spiro atoms. The minimum absolute atomic E-state index is 0.179. The number of esters is 1. The summed E-state index contributed by atoms with van der Waals surface area (Å²) in [4.78, 5) is 32.2. The van der Waals surface area contributed by atoms with Crippen molar-refractivity contribution in [1.82, 2.24) is 0 Å². The van der Waals surface area contributed by atoms with Crippen molar-refractivity contribution in [3.8, 4) is 0 Å². The molecule has 15 heavy (non-hydrogen) atoms. The summed E-state index contributed by atoms with van der Waals surface area (Å²) in [6, 6.07) is 0. The van der Waals surface area contributed by atoms with Gasteiger partial charge in [0.1, 0.15) is 5.25 Å². The van der Waals surface area contributed by atoms with Gasteiger partial charge in [0.15, 0.2) is 5.12 Å². The zero-order valence-electron chi connectivity index (χ0n) is 8.69. The fraction of sp³-hybridized carbons (Fsp3) is 0.667. The van der Waals surface area contributed by atoms with Gasteiger partial charge >= 0.3 is 11.9 Å². The van der Waals surface area contributed by atoms with E-state index in [9.17, 15) is 14.4 Å². The third-order valence-electron chi connectivity index (χ3n) is 1.66. The Hall–Kier alpha value is -1.04. The topological polar surface area (TPSA) is 80.7 Å². The Morgan fingerprint density at radius 1 is 1.40 bits per heavy atom. The van der Waals surface area contributed by atoms with E-state index in [2.05, 4.69) is 4.74 Å². The van der Waals surface area contributed by atoms with E-state index in [-0.39, 0.29) is 23.9 Å². The average molecular weight is 234 g/mol. The minimum Gasteiger partial charge on any atom is -0.480 e. The lowest BCUT2D eigenvalue weighted by Crippen LogP contribution is -2.18.